The number of carbonyl (C=O) groups excluding carboxylic acids is 1. The summed E-state index contributed by atoms with van der Waals surface area (Å²) in [5.41, 5.74) is 0.739. The maximum atomic E-state index is 13.4. The molecule has 2 aromatic rings. The van der Waals surface area contributed by atoms with Crippen LogP contribution in [-0.2, 0) is 12.6 Å². The summed E-state index contributed by atoms with van der Waals surface area (Å²) in [6.07, 6.45) is -3.95. The average Bonchev–Trinajstić information content (AvgIpc) is 2.61. The summed E-state index contributed by atoms with van der Waals surface area (Å²) in [5, 5.41) is 5.40. The van der Waals surface area contributed by atoms with Crippen LogP contribution in [0.4, 0.5) is 22.4 Å². The molecule has 1 atom stereocenters. The molecule has 0 aliphatic rings. The highest BCUT2D eigenvalue weighted by Crippen LogP contribution is 2.29. The van der Waals surface area contributed by atoms with Gasteiger partial charge in [0.15, 0.2) is 0 Å². The van der Waals surface area contributed by atoms with E-state index in [1.807, 2.05) is 19.0 Å². The van der Waals surface area contributed by atoms with E-state index in [2.05, 4.69) is 10.6 Å². The Labute approximate surface area is 161 Å². The molecule has 2 rings (SSSR count). The molecule has 152 valence electrons. The molecule has 0 spiro atoms. The zero-order valence-corrected chi connectivity index (χ0v) is 15.7. The van der Waals surface area contributed by atoms with Gasteiger partial charge in [-0.2, -0.15) is 13.2 Å². The molecule has 2 aromatic carbocycles. The molecule has 0 saturated carbocycles. The van der Waals surface area contributed by atoms with Gasteiger partial charge in [-0.1, -0.05) is 24.3 Å². The summed E-state index contributed by atoms with van der Waals surface area (Å²) < 4.78 is 51.0. The van der Waals surface area contributed by atoms with E-state index >= 15 is 0 Å². The van der Waals surface area contributed by atoms with Gasteiger partial charge in [0.25, 0.3) is 0 Å². The fraction of sp³-hybridized carbons (Fsp3) is 0.350. The standard InChI is InChI=1S/C20H23F4N3O/c1-27(2)18(15-4-3-5-17(21)12-15)13-26-19(28)25-11-10-14-6-8-16(9-7-14)20(22,23)24/h3-9,12,18H,10-11,13H2,1-2H3,(H2,25,26,28). The molecular formula is C20H23F4N3O. The molecule has 0 aliphatic carbocycles. The number of rotatable bonds is 7. The molecule has 28 heavy (non-hydrogen) atoms. The lowest BCUT2D eigenvalue weighted by atomic mass is 10.1. The van der Waals surface area contributed by atoms with E-state index in [0.717, 1.165) is 17.7 Å². The summed E-state index contributed by atoms with van der Waals surface area (Å²) in [7, 11) is 3.67. The Kier molecular flexibility index (Phi) is 7.39. The smallest absolute Gasteiger partial charge is 0.338 e. The summed E-state index contributed by atoms with van der Waals surface area (Å²) >= 11 is 0. The van der Waals surface area contributed by atoms with Crippen molar-refractivity contribution in [3.05, 3.63) is 71.0 Å². The van der Waals surface area contributed by atoms with Crippen LogP contribution < -0.4 is 10.6 Å². The van der Waals surface area contributed by atoms with Crippen LogP contribution in [0, 0.1) is 5.82 Å². The summed E-state index contributed by atoms with van der Waals surface area (Å²) in [5.74, 6) is -0.342. The predicted molar refractivity (Wildman–Crippen MR) is 99.4 cm³/mol. The zero-order valence-electron chi connectivity index (χ0n) is 15.7. The minimum atomic E-state index is -4.36. The van der Waals surface area contributed by atoms with Crippen LogP contribution in [0.15, 0.2) is 48.5 Å². The topological polar surface area (TPSA) is 44.4 Å². The van der Waals surface area contributed by atoms with Crippen LogP contribution in [0.5, 0.6) is 0 Å². The maximum Gasteiger partial charge on any atom is 0.416 e. The number of urea groups is 1. The van der Waals surface area contributed by atoms with Gasteiger partial charge in [-0.15, -0.1) is 0 Å². The number of amides is 2. The van der Waals surface area contributed by atoms with Gasteiger partial charge >= 0.3 is 12.2 Å². The molecule has 4 nitrogen and oxygen atoms in total. The van der Waals surface area contributed by atoms with E-state index in [1.165, 1.54) is 24.3 Å². The number of alkyl halides is 3. The van der Waals surface area contributed by atoms with Crippen LogP contribution in [0.2, 0.25) is 0 Å². The molecule has 0 aromatic heterocycles. The minimum absolute atomic E-state index is 0.198. The van der Waals surface area contributed by atoms with E-state index < -0.39 is 17.8 Å². The first-order valence-electron chi connectivity index (χ1n) is 8.76. The van der Waals surface area contributed by atoms with Crippen molar-refractivity contribution in [1.29, 1.82) is 0 Å². The van der Waals surface area contributed by atoms with Crippen molar-refractivity contribution >= 4 is 6.03 Å². The first-order valence-corrected chi connectivity index (χ1v) is 8.76. The highest BCUT2D eigenvalue weighted by molar-refractivity contribution is 5.73. The van der Waals surface area contributed by atoms with Crippen LogP contribution in [0.3, 0.4) is 0 Å². The van der Waals surface area contributed by atoms with Crippen LogP contribution in [-0.4, -0.2) is 38.1 Å². The Morgan fingerprint density at radius 1 is 1.07 bits per heavy atom. The number of likely N-dealkylation sites (N-methyl/N-ethyl adjacent to an activating group) is 1. The third kappa shape index (κ3) is 6.53. The Morgan fingerprint density at radius 2 is 1.75 bits per heavy atom. The fourth-order valence-electron chi connectivity index (χ4n) is 2.75. The van der Waals surface area contributed by atoms with E-state index in [1.54, 1.807) is 12.1 Å². The third-order valence-corrected chi connectivity index (χ3v) is 4.29. The Morgan fingerprint density at radius 3 is 2.32 bits per heavy atom. The number of nitrogens with one attached hydrogen (secondary N) is 2. The molecule has 0 aliphatic heterocycles. The van der Waals surface area contributed by atoms with Crippen molar-refractivity contribution in [1.82, 2.24) is 15.5 Å². The lowest BCUT2D eigenvalue weighted by Gasteiger charge is -2.25. The molecule has 0 radical (unpaired) electrons. The van der Waals surface area contributed by atoms with E-state index in [-0.39, 0.29) is 24.9 Å². The number of hydrogen-bond donors (Lipinski definition) is 2. The SMILES string of the molecule is CN(C)C(CNC(=O)NCCc1ccc(C(F)(F)F)cc1)c1cccc(F)c1. The van der Waals surface area contributed by atoms with E-state index in [0.29, 0.717) is 12.0 Å². The quantitative estimate of drug-likeness (QED) is 0.694. The molecule has 0 fully saturated rings. The first kappa shape index (κ1) is 21.7. The number of nitrogens with zero attached hydrogens (tertiary/aromatic N) is 1. The van der Waals surface area contributed by atoms with Gasteiger partial charge in [0, 0.05) is 13.1 Å². The highest BCUT2D eigenvalue weighted by atomic mass is 19.4. The molecule has 1 unspecified atom stereocenters. The predicted octanol–water partition coefficient (Wildman–Crippen LogP) is 3.99. The summed E-state index contributed by atoms with van der Waals surface area (Å²) in [6.45, 7) is 0.562. The summed E-state index contributed by atoms with van der Waals surface area (Å²) in [6, 6.07) is 10.4. The Bertz CT molecular complexity index is 776. The molecule has 0 saturated heterocycles. The first-order chi connectivity index (χ1) is 13.2. The van der Waals surface area contributed by atoms with Gasteiger partial charge in [-0.05, 0) is 55.9 Å². The number of halogens is 4. The molecule has 2 amide bonds. The van der Waals surface area contributed by atoms with Crippen molar-refractivity contribution in [2.75, 3.05) is 27.2 Å². The zero-order chi connectivity index (χ0) is 20.7. The van der Waals surface area contributed by atoms with Crippen LogP contribution in [0.25, 0.3) is 0 Å². The van der Waals surface area contributed by atoms with Gasteiger partial charge in [0.1, 0.15) is 5.82 Å². The number of hydrogen-bond acceptors (Lipinski definition) is 2. The lowest BCUT2D eigenvalue weighted by Crippen LogP contribution is -2.41. The van der Waals surface area contributed by atoms with Crippen molar-refractivity contribution in [3.63, 3.8) is 0 Å². The van der Waals surface area contributed by atoms with E-state index in [9.17, 15) is 22.4 Å². The van der Waals surface area contributed by atoms with Gasteiger partial charge < -0.3 is 15.5 Å². The number of benzene rings is 2. The fourth-order valence-corrected chi connectivity index (χ4v) is 2.75. The maximum absolute atomic E-state index is 13.4. The molecule has 0 heterocycles. The largest absolute Gasteiger partial charge is 0.416 e. The monoisotopic (exact) mass is 397 g/mol. The Balaban J connectivity index is 1.80. The molecule has 0 bridgehead atoms. The molecular weight excluding hydrogens is 374 g/mol. The average molecular weight is 397 g/mol. The minimum Gasteiger partial charge on any atom is -0.338 e. The second kappa shape index (κ2) is 9.54. The molecule has 8 heteroatoms. The van der Waals surface area contributed by atoms with E-state index in [4.69, 9.17) is 0 Å². The second-order valence-electron chi connectivity index (χ2n) is 6.62. The number of carbonyl (C=O) groups is 1. The second-order valence-corrected chi connectivity index (χ2v) is 6.62. The van der Waals surface area contributed by atoms with Crippen molar-refractivity contribution in [3.8, 4) is 0 Å². The van der Waals surface area contributed by atoms with Crippen molar-refractivity contribution < 1.29 is 22.4 Å². The van der Waals surface area contributed by atoms with Gasteiger partial charge in [0.2, 0.25) is 0 Å². The third-order valence-electron chi connectivity index (χ3n) is 4.29. The lowest BCUT2D eigenvalue weighted by molar-refractivity contribution is -0.137. The normalized spacial score (nSPS) is 12.7. The summed E-state index contributed by atoms with van der Waals surface area (Å²) in [4.78, 5) is 13.9. The van der Waals surface area contributed by atoms with Gasteiger partial charge in [-0.3, -0.25) is 0 Å². The van der Waals surface area contributed by atoms with Crippen molar-refractivity contribution in [2.45, 2.75) is 18.6 Å². The van der Waals surface area contributed by atoms with Crippen molar-refractivity contribution in [2.24, 2.45) is 0 Å². The highest BCUT2D eigenvalue weighted by Gasteiger charge is 2.29. The van der Waals surface area contributed by atoms with Crippen LogP contribution >= 0.6 is 0 Å². The Hall–Kier alpha value is -2.61. The molecule has 2 N–H and O–H groups in total. The van der Waals surface area contributed by atoms with Gasteiger partial charge in [-0.25, -0.2) is 9.18 Å². The van der Waals surface area contributed by atoms with Gasteiger partial charge in [0.05, 0.1) is 11.6 Å². The van der Waals surface area contributed by atoms with Crippen LogP contribution in [0.1, 0.15) is 22.7 Å².